The van der Waals surface area contributed by atoms with E-state index in [0.717, 1.165) is 4.88 Å². The summed E-state index contributed by atoms with van der Waals surface area (Å²) in [7, 11) is 0. The second-order valence-electron chi connectivity index (χ2n) is 4.51. The SMILES string of the molecule is O=C(NCCc1nc(-c2cccs2)no1)c1cccc(F)c1. The van der Waals surface area contributed by atoms with Gasteiger partial charge in [0.15, 0.2) is 0 Å². The van der Waals surface area contributed by atoms with Crippen LogP contribution >= 0.6 is 11.3 Å². The van der Waals surface area contributed by atoms with E-state index in [1.807, 2.05) is 17.5 Å². The fraction of sp³-hybridized carbons (Fsp3) is 0.133. The third-order valence-electron chi connectivity index (χ3n) is 2.92. The molecule has 3 rings (SSSR count). The van der Waals surface area contributed by atoms with Crippen LogP contribution in [-0.4, -0.2) is 22.6 Å². The predicted octanol–water partition coefficient (Wildman–Crippen LogP) is 2.91. The van der Waals surface area contributed by atoms with Gasteiger partial charge in [0.25, 0.3) is 5.91 Å². The van der Waals surface area contributed by atoms with Gasteiger partial charge in [0.2, 0.25) is 11.7 Å². The van der Waals surface area contributed by atoms with E-state index in [-0.39, 0.29) is 11.5 Å². The smallest absolute Gasteiger partial charge is 0.251 e. The highest BCUT2D eigenvalue weighted by atomic mass is 32.1. The summed E-state index contributed by atoms with van der Waals surface area (Å²) >= 11 is 1.53. The van der Waals surface area contributed by atoms with Crippen LogP contribution < -0.4 is 5.32 Å². The lowest BCUT2D eigenvalue weighted by Gasteiger charge is -2.03. The maximum Gasteiger partial charge on any atom is 0.251 e. The molecule has 2 aromatic heterocycles. The fourth-order valence-corrected chi connectivity index (χ4v) is 2.53. The monoisotopic (exact) mass is 317 g/mol. The largest absolute Gasteiger partial charge is 0.352 e. The quantitative estimate of drug-likeness (QED) is 0.785. The van der Waals surface area contributed by atoms with E-state index < -0.39 is 5.82 Å². The molecule has 0 aliphatic heterocycles. The molecule has 0 aliphatic carbocycles. The Bertz CT molecular complexity index is 771. The van der Waals surface area contributed by atoms with Gasteiger partial charge < -0.3 is 9.84 Å². The Morgan fingerprint density at radius 1 is 1.32 bits per heavy atom. The number of carbonyl (C=O) groups excluding carboxylic acids is 1. The number of halogens is 1. The Kier molecular flexibility index (Phi) is 4.24. The molecular formula is C15H12FN3O2S. The van der Waals surface area contributed by atoms with Crippen LogP contribution in [0.5, 0.6) is 0 Å². The van der Waals surface area contributed by atoms with Crippen LogP contribution in [0.1, 0.15) is 16.2 Å². The van der Waals surface area contributed by atoms with Crippen LogP contribution in [0.15, 0.2) is 46.3 Å². The summed E-state index contributed by atoms with van der Waals surface area (Å²) in [5, 5.41) is 8.51. The van der Waals surface area contributed by atoms with Crippen molar-refractivity contribution in [1.29, 1.82) is 0 Å². The van der Waals surface area contributed by atoms with Gasteiger partial charge in [0.1, 0.15) is 5.82 Å². The Balaban J connectivity index is 1.54. The van der Waals surface area contributed by atoms with Crippen LogP contribution in [0, 0.1) is 5.82 Å². The van der Waals surface area contributed by atoms with E-state index >= 15 is 0 Å². The zero-order valence-electron chi connectivity index (χ0n) is 11.5. The highest BCUT2D eigenvalue weighted by Gasteiger charge is 2.10. The average molecular weight is 317 g/mol. The molecule has 7 heteroatoms. The van der Waals surface area contributed by atoms with E-state index in [1.54, 1.807) is 6.07 Å². The first-order valence-corrected chi connectivity index (χ1v) is 7.50. The summed E-state index contributed by atoms with van der Waals surface area (Å²) in [5.41, 5.74) is 0.282. The van der Waals surface area contributed by atoms with Crippen molar-refractivity contribution < 1.29 is 13.7 Å². The predicted molar refractivity (Wildman–Crippen MR) is 80.0 cm³/mol. The molecule has 0 saturated carbocycles. The van der Waals surface area contributed by atoms with Crippen LogP contribution in [0.4, 0.5) is 4.39 Å². The minimum atomic E-state index is -0.440. The van der Waals surface area contributed by atoms with Crippen molar-refractivity contribution in [1.82, 2.24) is 15.5 Å². The number of hydrogen-bond acceptors (Lipinski definition) is 5. The molecule has 2 heterocycles. The van der Waals surface area contributed by atoms with E-state index in [0.29, 0.717) is 24.7 Å². The second-order valence-corrected chi connectivity index (χ2v) is 5.45. The lowest BCUT2D eigenvalue weighted by molar-refractivity contribution is 0.0953. The van der Waals surface area contributed by atoms with Gasteiger partial charge in [-0.05, 0) is 29.6 Å². The Hall–Kier alpha value is -2.54. The lowest BCUT2D eigenvalue weighted by Crippen LogP contribution is -2.25. The number of nitrogens with zero attached hydrogens (tertiary/aromatic N) is 2. The van der Waals surface area contributed by atoms with Crippen molar-refractivity contribution in [2.45, 2.75) is 6.42 Å². The summed E-state index contributed by atoms with van der Waals surface area (Å²) in [6, 6.07) is 9.36. The normalized spacial score (nSPS) is 10.6. The van der Waals surface area contributed by atoms with Gasteiger partial charge >= 0.3 is 0 Å². The minimum absolute atomic E-state index is 0.282. The molecular weight excluding hydrogens is 305 g/mol. The van der Waals surface area contributed by atoms with Crippen molar-refractivity contribution in [2.75, 3.05) is 6.54 Å². The fourth-order valence-electron chi connectivity index (χ4n) is 1.88. The molecule has 0 saturated heterocycles. The van der Waals surface area contributed by atoms with Gasteiger partial charge in [-0.3, -0.25) is 4.79 Å². The molecule has 1 amide bonds. The van der Waals surface area contributed by atoms with E-state index in [4.69, 9.17) is 4.52 Å². The Labute approximate surface area is 129 Å². The maximum atomic E-state index is 13.0. The van der Waals surface area contributed by atoms with Crippen LogP contribution in [0.25, 0.3) is 10.7 Å². The molecule has 3 aromatic rings. The van der Waals surface area contributed by atoms with Gasteiger partial charge in [0.05, 0.1) is 4.88 Å². The number of benzene rings is 1. The highest BCUT2D eigenvalue weighted by molar-refractivity contribution is 7.13. The number of hydrogen-bond donors (Lipinski definition) is 1. The molecule has 0 atom stereocenters. The third kappa shape index (κ3) is 3.37. The first kappa shape index (κ1) is 14.4. The Morgan fingerprint density at radius 2 is 2.23 bits per heavy atom. The molecule has 0 radical (unpaired) electrons. The minimum Gasteiger partial charge on any atom is -0.352 e. The van der Waals surface area contributed by atoms with E-state index in [1.165, 1.54) is 29.5 Å². The van der Waals surface area contributed by atoms with Crippen LogP contribution in [0.3, 0.4) is 0 Å². The zero-order chi connectivity index (χ0) is 15.4. The van der Waals surface area contributed by atoms with Gasteiger partial charge in [0, 0.05) is 18.5 Å². The van der Waals surface area contributed by atoms with E-state index in [2.05, 4.69) is 15.5 Å². The molecule has 1 aromatic carbocycles. The zero-order valence-corrected chi connectivity index (χ0v) is 12.3. The molecule has 22 heavy (non-hydrogen) atoms. The summed E-state index contributed by atoms with van der Waals surface area (Å²) in [5.74, 6) is 0.215. The van der Waals surface area contributed by atoms with Gasteiger partial charge in [-0.25, -0.2) is 4.39 Å². The van der Waals surface area contributed by atoms with Crippen molar-refractivity contribution in [2.24, 2.45) is 0 Å². The molecule has 0 spiro atoms. The average Bonchev–Trinajstić information content (AvgIpc) is 3.18. The summed E-state index contributed by atoms with van der Waals surface area (Å²) in [6.45, 7) is 0.335. The highest BCUT2D eigenvalue weighted by Crippen LogP contribution is 2.21. The van der Waals surface area contributed by atoms with Gasteiger partial charge in [-0.1, -0.05) is 17.3 Å². The summed E-state index contributed by atoms with van der Waals surface area (Å²) in [6.07, 6.45) is 0.416. The Morgan fingerprint density at radius 3 is 3.00 bits per heavy atom. The van der Waals surface area contributed by atoms with Crippen molar-refractivity contribution in [3.05, 3.63) is 59.0 Å². The molecule has 5 nitrogen and oxygen atoms in total. The molecule has 112 valence electrons. The lowest BCUT2D eigenvalue weighted by atomic mass is 10.2. The van der Waals surface area contributed by atoms with Gasteiger partial charge in [-0.15, -0.1) is 11.3 Å². The van der Waals surface area contributed by atoms with Crippen molar-refractivity contribution in [3.8, 4) is 10.7 Å². The summed E-state index contributed by atoms with van der Waals surface area (Å²) < 4.78 is 18.2. The van der Waals surface area contributed by atoms with Gasteiger partial charge in [-0.2, -0.15) is 4.98 Å². The third-order valence-corrected chi connectivity index (χ3v) is 3.79. The van der Waals surface area contributed by atoms with Crippen molar-refractivity contribution in [3.63, 3.8) is 0 Å². The molecule has 0 aliphatic rings. The van der Waals surface area contributed by atoms with Crippen LogP contribution in [-0.2, 0) is 6.42 Å². The number of rotatable bonds is 5. The van der Waals surface area contributed by atoms with Crippen LogP contribution in [0.2, 0.25) is 0 Å². The summed E-state index contributed by atoms with van der Waals surface area (Å²) in [4.78, 5) is 17.0. The standard InChI is InChI=1S/C15H12FN3O2S/c16-11-4-1-3-10(9-11)15(20)17-7-6-13-18-14(19-21-13)12-5-2-8-22-12/h1-5,8-9H,6-7H2,(H,17,20). The number of aromatic nitrogens is 2. The number of thiophene rings is 1. The first-order chi connectivity index (χ1) is 10.7. The topological polar surface area (TPSA) is 68.0 Å². The molecule has 1 N–H and O–H groups in total. The molecule has 0 fully saturated rings. The molecule has 0 bridgehead atoms. The van der Waals surface area contributed by atoms with Crippen molar-refractivity contribution >= 4 is 17.2 Å². The van der Waals surface area contributed by atoms with E-state index in [9.17, 15) is 9.18 Å². The number of carbonyl (C=O) groups is 1. The number of amides is 1. The second kappa shape index (κ2) is 6.48. The molecule has 0 unspecified atom stereocenters. The maximum absolute atomic E-state index is 13.0. The first-order valence-electron chi connectivity index (χ1n) is 6.62. The number of nitrogens with one attached hydrogen (secondary N) is 1.